The molecule has 1 nitrogen and oxygen atoms in total. The second kappa shape index (κ2) is 3.92. The van der Waals surface area contributed by atoms with Crippen LogP contribution in [0, 0.1) is 11.6 Å². The molecule has 1 aromatic carbocycles. The Labute approximate surface area is 80.3 Å². The Bertz CT molecular complexity index is 289. The first-order valence-corrected chi connectivity index (χ1v) is 4.19. The molecule has 0 bridgehead atoms. The van der Waals surface area contributed by atoms with E-state index in [1.165, 1.54) is 6.07 Å². The molecule has 0 amide bonds. The lowest BCUT2D eigenvalue weighted by Gasteiger charge is -2.10. The van der Waals surface area contributed by atoms with Crippen molar-refractivity contribution in [1.29, 1.82) is 0 Å². The van der Waals surface area contributed by atoms with Crippen LogP contribution in [-0.4, -0.2) is 6.10 Å². The minimum absolute atomic E-state index is 0.0964. The van der Waals surface area contributed by atoms with E-state index < -0.39 is 11.6 Å². The van der Waals surface area contributed by atoms with E-state index in [1.54, 1.807) is 13.8 Å². The maximum Gasteiger partial charge on any atom is 0.177 e. The fourth-order valence-electron chi connectivity index (χ4n) is 0.872. The Kier molecular flexibility index (Phi) is 3.09. The third-order valence-electron chi connectivity index (χ3n) is 1.33. The molecule has 0 spiro atoms. The fraction of sp³-hybridized carbons (Fsp3) is 0.333. The summed E-state index contributed by atoms with van der Waals surface area (Å²) in [6.07, 6.45) is -0.0964. The van der Waals surface area contributed by atoms with Crippen molar-refractivity contribution in [3.05, 3.63) is 28.8 Å². The average molecular weight is 207 g/mol. The topological polar surface area (TPSA) is 9.23 Å². The van der Waals surface area contributed by atoms with Crippen molar-refractivity contribution in [2.24, 2.45) is 0 Å². The molecule has 0 radical (unpaired) electrons. The first-order valence-electron chi connectivity index (χ1n) is 3.82. The molecule has 0 atom stereocenters. The van der Waals surface area contributed by atoms with Crippen LogP contribution < -0.4 is 4.74 Å². The number of hydrogen-bond acceptors (Lipinski definition) is 1. The highest BCUT2D eigenvalue weighted by atomic mass is 35.5. The fourth-order valence-corrected chi connectivity index (χ4v) is 1.07. The average Bonchev–Trinajstić information content (AvgIpc) is 1.98. The highest BCUT2D eigenvalue weighted by Crippen LogP contribution is 2.24. The van der Waals surface area contributed by atoms with Gasteiger partial charge in [-0.1, -0.05) is 11.6 Å². The van der Waals surface area contributed by atoms with Gasteiger partial charge in [0, 0.05) is 12.1 Å². The van der Waals surface area contributed by atoms with Crippen LogP contribution in [-0.2, 0) is 0 Å². The normalized spacial score (nSPS) is 10.6. The zero-order valence-electron chi connectivity index (χ0n) is 7.27. The maximum atomic E-state index is 12.8. The van der Waals surface area contributed by atoms with Gasteiger partial charge in [-0.05, 0) is 13.8 Å². The molecule has 72 valence electrons. The molecule has 0 aromatic heterocycles. The monoisotopic (exact) mass is 206 g/mol. The lowest BCUT2D eigenvalue weighted by molar-refractivity contribution is 0.240. The molecule has 13 heavy (non-hydrogen) atoms. The van der Waals surface area contributed by atoms with E-state index in [1.807, 2.05) is 0 Å². The van der Waals surface area contributed by atoms with Crippen LogP contribution in [0.15, 0.2) is 12.1 Å². The molecule has 0 aliphatic rings. The van der Waals surface area contributed by atoms with Crippen LogP contribution in [0.1, 0.15) is 13.8 Å². The zero-order chi connectivity index (χ0) is 10.0. The number of ether oxygens (including phenoxy) is 1. The van der Waals surface area contributed by atoms with Crippen molar-refractivity contribution in [3.63, 3.8) is 0 Å². The van der Waals surface area contributed by atoms with Gasteiger partial charge in [0.2, 0.25) is 0 Å². The van der Waals surface area contributed by atoms with E-state index in [0.717, 1.165) is 6.07 Å². The second-order valence-corrected chi connectivity index (χ2v) is 3.27. The van der Waals surface area contributed by atoms with Crippen molar-refractivity contribution in [3.8, 4) is 5.75 Å². The largest absolute Gasteiger partial charge is 0.491 e. The minimum atomic E-state index is -1.04. The summed E-state index contributed by atoms with van der Waals surface area (Å²) >= 11 is 5.41. The molecule has 0 unspecified atom stereocenters. The smallest absolute Gasteiger partial charge is 0.177 e. The Morgan fingerprint density at radius 3 is 2.38 bits per heavy atom. The summed E-state index contributed by atoms with van der Waals surface area (Å²) < 4.78 is 30.6. The van der Waals surface area contributed by atoms with Crippen LogP contribution >= 0.6 is 11.6 Å². The van der Waals surface area contributed by atoms with Gasteiger partial charge in [-0.15, -0.1) is 0 Å². The van der Waals surface area contributed by atoms with Crippen molar-refractivity contribution in [2.45, 2.75) is 20.0 Å². The third-order valence-corrected chi connectivity index (χ3v) is 1.60. The first-order chi connectivity index (χ1) is 6.00. The summed E-state index contributed by atoms with van der Waals surface area (Å²) in [5, 5.41) is -0.268. The van der Waals surface area contributed by atoms with E-state index in [4.69, 9.17) is 16.3 Å². The number of hydrogen-bond donors (Lipinski definition) is 0. The molecule has 1 aromatic rings. The van der Waals surface area contributed by atoms with Gasteiger partial charge >= 0.3 is 0 Å². The summed E-state index contributed by atoms with van der Waals surface area (Å²) in [5.74, 6) is -1.81. The molecule has 0 fully saturated rings. The van der Waals surface area contributed by atoms with E-state index in [0.29, 0.717) is 0 Å². The van der Waals surface area contributed by atoms with E-state index >= 15 is 0 Å². The quantitative estimate of drug-likeness (QED) is 0.674. The Balaban J connectivity index is 2.99. The molecule has 0 saturated carbocycles. The van der Waals surface area contributed by atoms with Gasteiger partial charge in [-0.2, -0.15) is 0 Å². The van der Waals surface area contributed by atoms with E-state index in [2.05, 4.69) is 0 Å². The van der Waals surface area contributed by atoms with E-state index in [-0.39, 0.29) is 16.9 Å². The Morgan fingerprint density at radius 1 is 1.31 bits per heavy atom. The first kappa shape index (κ1) is 10.3. The van der Waals surface area contributed by atoms with Gasteiger partial charge in [0.15, 0.2) is 11.6 Å². The lowest BCUT2D eigenvalue weighted by Crippen LogP contribution is -2.06. The maximum absolute atomic E-state index is 12.8. The van der Waals surface area contributed by atoms with Crippen molar-refractivity contribution in [1.82, 2.24) is 0 Å². The number of rotatable bonds is 2. The third kappa shape index (κ3) is 2.56. The molecule has 0 aliphatic carbocycles. The number of benzene rings is 1. The van der Waals surface area contributed by atoms with E-state index in [9.17, 15) is 8.78 Å². The zero-order valence-corrected chi connectivity index (χ0v) is 8.03. The van der Waals surface area contributed by atoms with Crippen LogP contribution in [0.25, 0.3) is 0 Å². The summed E-state index contributed by atoms with van der Waals surface area (Å²) in [4.78, 5) is 0. The SMILES string of the molecule is CC(C)Oc1cc(F)c(F)c(Cl)c1. The summed E-state index contributed by atoms with van der Waals surface area (Å²) in [6.45, 7) is 3.57. The molecule has 0 aliphatic heterocycles. The van der Waals surface area contributed by atoms with Crippen LogP contribution in [0.4, 0.5) is 8.78 Å². The molecule has 4 heteroatoms. The van der Waals surface area contributed by atoms with Gasteiger partial charge in [0.1, 0.15) is 5.75 Å². The predicted octanol–water partition coefficient (Wildman–Crippen LogP) is 3.41. The molecule has 1 rings (SSSR count). The standard InChI is InChI=1S/C9H9ClF2O/c1-5(2)13-6-3-7(10)9(12)8(11)4-6/h3-5H,1-2H3. The van der Waals surface area contributed by atoms with Gasteiger partial charge in [-0.3, -0.25) is 0 Å². The highest BCUT2D eigenvalue weighted by Gasteiger charge is 2.10. The molecule has 0 N–H and O–H groups in total. The molecular formula is C9H9ClF2O. The molecule has 0 heterocycles. The van der Waals surface area contributed by atoms with Crippen LogP contribution in [0.5, 0.6) is 5.75 Å². The summed E-state index contributed by atoms with van der Waals surface area (Å²) in [7, 11) is 0. The summed E-state index contributed by atoms with van der Waals surface area (Å²) in [6, 6.07) is 2.22. The lowest BCUT2D eigenvalue weighted by atomic mass is 10.3. The highest BCUT2D eigenvalue weighted by molar-refractivity contribution is 6.30. The molecular weight excluding hydrogens is 198 g/mol. The van der Waals surface area contributed by atoms with Gasteiger partial charge in [-0.25, -0.2) is 8.78 Å². The van der Waals surface area contributed by atoms with Gasteiger partial charge < -0.3 is 4.74 Å². The number of halogens is 3. The van der Waals surface area contributed by atoms with Crippen molar-refractivity contribution >= 4 is 11.6 Å². The second-order valence-electron chi connectivity index (χ2n) is 2.87. The Morgan fingerprint density at radius 2 is 1.92 bits per heavy atom. The predicted molar refractivity (Wildman–Crippen MR) is 47.1 cm³/mol. The van der Waals surface area contributed by atoms with Crippen LogP contribution in [0.3, 0.4) is 0 Å². The van der Waals surface area contributed by atoms with Gasteiger partial charge in [0.25, 0.3) is 0 Å². The van der Waals surface area contributed by atoms with Crippen LogP contribution in [0.2, 0.25) is 5.02 Å². The van der Waals surface area contributed by atoms with Crippen molar-refractivity contribution < 1.29 is 13.5 Å². The minimum Gasteiger partial charge on any atom is -0.491 e. The molecule has 0 saturated heterocycles. The Hall–Kier alpha value is -0.830. The van der Waals surface area contributed by atoms with Gasteiger partial charge in [0.05, 0.1) is 11.1 Å². The summed E-state index contributed by atoms with van der Waals surface area (Å²) in [5.41, 5.74) is 0. The van der Waals surface area contributed by atoms with Crippen molar-refractivity contribution in [2.75, 3.05) is 0 Å².